The Balaban J connectivity index is 0.00000300. The molecule has 1 saturated heterocycles. The first-order valence-corrected chi connectivity index (χ1v) is 9.24. The molecule has 1 aliphatic heterocycles. The number of hydrogen-bond donors (Lipinski definition) is 2. The van der Waals surface area contributed by atoms with Gasteiger partial charge in [-0.3, -0.25) is 9.59 Å². The Labute approximate surface area is 174 Å². The second-order valence-electron chi connectivity index (χ2n) is 6.95. The first kappa shape index (κ1) is 22.8. The van der Waals surface area contributed by atoms with E-state index < -0.39 is 17.7 Å². The van der Waals surface area contributed by atoms with Crippen LogP contribution in [-0.4, -0.2) is 35.8 Å². The molecule has 3 rings (SSSR count). The second-order valence-corrected chi connectivity index (χ2v) is 6.95. The standard InChI is InChI=1S/C21H23F2N3O2.ClH/c1-14(16-5-3-2-4-6-16)25-20(27)12-19-21(28)26(8-7-24-19)13-15-9-17(22)11-18(23)10-15;/h2-6,9-11,14,19,24H,7-8,12-13H2,1H3,(H,25,27);1H. The van der Waals surface area contributed by atoms with Crippen LogP contribution in [0.25, 0.3) is 0 Å². The molecule has 2 aromatic rings. The topological polar surface area (TPSA) is 61.4 Å². The molecule has 0 saturated carbocycles. The Kier molecular flexibility index (Phi) is 8.10. The van der Waals surface area contributed by atoms with Gasteiger partial charge in [-0.25, -0.2) is 8.78 Å². The molecule has 0 aliphatic carbocycles. The lowest BCUT2D eigenvalue weighted by molar-refractivity contribution is -0.138. The molecule has 0 aromatic heterocycles. The average Bonchev–Trinajstić information content (AvgIpc) is 2.65. The van der Waals surface area contributed by atoms with Gasteiger partial charge in [-0.1, -0.05) is 30.3 Å². The maximum Gasteiger partial charge on any atom is 0.240 e. The summed E-state index contributed by atoms with van der Waals surface area (Å²) in [5.74, 6) is -1.84. The SMILES string of the molecule is CC(NC(=O)CC1NCCN(Cc2cc(F)cc(F)c2)C1=O)c1ccccc1.Cl. The molecule has 1 aliphatic rings. The van der Waals surface area contributed by atoms with E-state index in [1.807, 2.05) is 37.3 Å². The van der Waals surface area contributed by atoms with Gasteiger partial charge in [0.15, 0.2) is 0 Å². The lowest BCUT2D eigenvalue weighted by atomic mass is 10.1. The highest BCUT2D eigenvalue weighted by atomic mass is 35.5. The summed E-state index contributed by atoms with van der Waals surface area (Å²) in [7, 11) is 0. The van der Waals surface area contributed by atoms with Crippen molar-refractivity contribution in [3.05, 3.63) is 71.3 Å². The van der Waals surface area contributed by atoms with E-state index in [2.05, 4.69) is 10.6 Å². The third-order valence-corrected chi connectivity index (χ3v) is 4.74. The number of nitrogens with zero attached hydrogens (tertiary/aromatic N) is 1. The van der Waals surface area contributed by atoms with Crippen LogP contribution >= 0.6 is 12.4 Å². The fourth-order valence-corrected chi connectivity index (χ4v) is 3.34. The molecular formula is C21H24ClF2N3O2. The molecule has 0 radical (unpaired) electrons. The van der Waals surface area contributed by atoms with E-state index in [9.17, 15) is 18.4 Å². The number of rotatable bonds is 6. The summed E-state index contributed by atoms with van der Waals surface area (Å²) < 4.78 is 26.8. The molecule has 8 heteroatoms. The summed E-state index contributed by atoms with van der Waals surface area (Å²) in [5.41, 5.74) is 1.36. The van der Waals surface area contributed by atoms with E-state index in [0.717, 1.165) is 11.6 Å². The third kappa shape index (κ3) is 6.24. The maximum atomic E-state index is 13.4. The Morgan fingerprint density at radius 2 is 1.86 bits per heavy atom. The Bertz CT molecular complexity index is 831. The minimum Gasteiger partial charge on any atom is -0.350 e. The predicted octanol–water partition coefficient (Wildman–Crippen LogP) is 2.95. The molecule has 2 aromatic carbocycles. The summed E-state index contributed by atoms with van der Waals surface area (Å²) in [6, 6.07) is 11.9. The van der Waals surface area contributed by atoms with Crippen molar-refractivity contribution >= 4 is 24.2 Å². The number of piperazine rings is 1. The summed E-state index contributed by atoms with van der Waals surface area (Å²) >= 11 is 0. The van der Waals surface area contributed by atoms with Crippen molar-refractivity contribution in [2.24, 2.45) is 0 Å². The molecule has 2 N–H and O–H groups in total. The van der Waals surface area contributed by atoms with Gasteiger partial charge in [0.1, 0.15) is 11.6 Å². The minimum absolute atomic E-state index is 0. The smallest absolute Gasteiger partial charge is 0.240 e. The van der Waals surface area contributed by atoms with Crippen LogP contribution in [0.3, 0.4) is 0 Å². The van der Waals surface area contributed by atoms with Crippen LogP contribution in [0.5, 0.6) is 0 Å². The number of nitrogens with one attached hydrogen (secondary N) is 2. The van der Waals surface area contributed by atoms with Gasteiger partial charge < -0.3 is 15.5 Å². The van der Waals surface area contributed by atoms with Crippen molar-refractivity contribution in [2.75, 3.05) is 13.1 Å². The molecular weight excluding hydrogens is 400 g/mol. The number of amides is 2. The van der Waals surface area contributed by atoms with Crippen LogP contribution in [0.2, 0.25) is 0 Å². The van der Waals surface area contributed by atoms with Crippen LogP contribution < -0.4 is 10.6 Å². The lowest BCUT2D eigenvalue weighted by Gasteiger charge is -2.33. The summed E-state index contributed by atoms with van der Waals surface area (Å²) in [4.78, 5) is 26.6. The van der Waals surface area contributed by atoms with E-state index in [4.69, 9.17) is 0 Å². The number of benzene rings is 2. The third-order valence-electron chi connectivity index (χ3n) is 4.74. The molecule has 156 valence electrons. The van der Waals surface area contributed by atoms with Gasteiger partial charge in [-0.05, 0) is 30.2 Å². The van der Waals surface area contributed by atoms with Crippen LogP contribution in [0.1, 0.15) is 30.5 Å². The average molecular weight is 424 g/mol. The van der Waals surface area contributed by atoms with Gasteiger partial charge >= 0.3 is 0 Å². The normalized spacial score (nSPS) is 17.4. The highest BCUT2D eigenvalue weighted by Gasteiger charge is 2.30. The largest absolute Gasteiger partial charge is 0.350 e. The zero-order valence-corrected chi connectivity index (χ0v) is 16.8. The van der Waals surface area contributed by atoms with Gasteiger partial charge in [0, 0.05) is 25.7 Å². The van der Waals surface area contributed by atoms with E-state index >= 15 is 0 Å². The van der Waals surface area contributed by atoms with Crippen molar-refractivity contribution in [3.63, 3.8) is 0 Å². The van der Waals surface area contributed by atoms with E-state index in [-0.39, 0.29) is 43.2 Å². The van der Waals surface area contributed by atoms with Crippen LogP contribution in [-0.2, 0) is 16.1 Å². The number of hydrogen-bond acceptors (Lipinski definition) is 3. The van der Waals surface area contributed by atoms with Crippen molar-refractivity contribution in [1.29, 1.82) is 0 Å². The first-order valence-electron chi connectivity index (χ1n) is 9.24. The Hall–Kier alpha value is -2.51. The molecule has 1 heterocycles. The van der Waals surface area contributed by atoms with Crippen LogP contribution in [0, 0.1) is 11.6 Å². The minimum atomic E-state index is -0.677. The Morgan fingerprint density at radius 1 is 1.21 bits per heavy atom. The van der Waals surface area contributed by atoms with Gasteiger partial charge in [0.2, 0.25) is 11.8 Å². The molecule has 2 atom stereocenters. The second kappa shape index (κ2) is 10.3. The van der Waals surface area contributed by atoms with Crippen molar-refractivity contribution in [1.82, 2.24) is 15.5 Å². The monoisotopic (exact) mass is 423 g/mol. The molecule has 5 nitrogen and oxygen atoms in total. The maximum absolute atomic E-state index is 13.4. The lowest BCUT2D eigenvalue weighted by Crippen LogP contribution is -2.55. The number of carbonyl (C=O) groups is 2. The molecule has 2 unspecified atom stereocenters. The van der Waals surface area contributed by atoms with Gasteiger partial charge in [0.05, 0.1) is 18.5 Å². The summed E-state index contributed by atoms with van der Waals surface area (Å²) in [6.45, 7) is 2.91. The van der Waals surface area contributed by atoms with Gasteiger partial charge in [0.25, 0.3) is 0 Å². The van der Waals surface area contributed by atoms with Crippen LogP contribution in [0.15, 0.2) is 48.5 Å². The zero-order chi connectivity index (χ0) is 20.1. The first-order chi connectivity index (χ1) is 13.4. The van der Waals surface area contributed by atoms with Crippen molar-refractivity contribution in [3.8, 4) is 0 Å². The van der Waals surface area contributed by atoms with Crippen molar-refractivity contribution < 1.29 is 18.4 Å². The van der Waals surface area contributed by atoms with E-state index in [0.29, 0.717) is 18.7 Å². The molecule has 29 heavy (non-hydrogen) atoms. The van der Waals surface area contributed by atoms with E-state index in [1.165, 1.54) is 17.0 Å². The summed E-state index contributed by atoms with van der Waals surface area (Å²) in [6.07, 6.45) is 0.00399. The van der Waals surface area contributed by atoms with Crippen LogP contribution in [0.4, 0.5) is 8.78 Å². The highest BCUT2D eigenvalue weighted by molar-refractivity contribution is 5.89. The van der Waals surface area contributed by atoms with Crippen molar-refractivity contribution in [2.45, 2.75) is 32.0 Å². The number of carbonyl (C=O) groups excluding carboxylic acids is 2. The molecule has 0 bridgehead atoms. The fourth-order valence-electron chi connectivity index (χ4n) is 3.34. The van der Waals surface area contributed by atoms with E-state index in [1.54, 1.807) is 0 Å². The molecule has 2 amide bonds. The summed E-state index contributed by atoms with van der Waals surface area (Å²) in [5, 5.41) is 5.95. The zero-order valence-electron chi connectivity index (χ0n) is 16.0. The van der Waals surface area contributed by atoms with Gasteiger partial charge in [-0.2, -0.15) is 0 Å². The predicted molar refractivity (Wildman–Crippen MR) is 108 cm³/mol. The number of halogens is 3. The Morgan fingerprint density at radius 3 is 2.52 bits per heavy atom. The quantitative estimate of drug-likeness (QED) is 0.751. The molecule has 1 fully saturated rings. The fraction of sp³-hybridized carbons (Fsp3) is 0.333. The highest BCUT2D eigenvalue weighted by Crippen LogP contribution is 2.15. The molecule has 0 spiro atoms. The van der Waals surface area contributed by atoms with Gasteiger partial charge in [-0.15, -0.1) is 12.4 Å².